The Bertz CT molecular complexity index is 457. The molecule has 0 spiro atoms. The van der Waals surface area contributed by atoms with Gasteiger partial charge in [0.15, 0.2) is 6.61 Å². The summed E-state index contributed by atoms with van der Waals surface area (Å²) < 4.78 is 10.0. The molecule has 1 aromatic rings. The van der Waals surface area contributed by atoms with E-state index in [1.165, 1.54) is 0 Å². The topological polar surface area (TPSA) is 83.4 Å². The van der Waals surface area contributed by atoms with Crippen LogP contribution < -0.4 is 15.4 Å². The third-order valence-corrected chi connectivity index (χ3v) is 2.44. The maximum atomic E-state index is 11.4. The molecule has 2 N–H and O–H groups in total. The highest BCUT2D eigenvalue weighted by atomic mass is 16.5. The third-order valence-electron chi connectivity index (χ3n) is 2.44. The second kappa shape index (κ2) is 9.78. The van der Waals surface area contributed by atoms with Crippen LogP contribution in [-0.2, 0) is 16.1 Å². The van der Waals surface area contributed by atoms with Crippen LogP contribution in [-0.4, -0.2) is 39.3 Å². The van der Waals surface area contributed by atoms with Gasteiger partial charge in [-0.2, -0.15) is 5.26 Å². The number of amides is 1. The Morgan fingerprint density at radius 1 is 1.45 bits per heavy atom. The highest BCUT2D eigenvalue weighted by molar-refractivity contribution is 5.77. The Hall–Kier alpha value is -2.10. The van der Waals surface area contributed by atoms with Gasteiger partial charge in [0.05, 0.1) is 13.2 Å². The summed E-state index contributed by atoms with van der Waals surface area (Å²) in [6.45, 7) is 1.84. The molecule has 0 saturated carbocycles. The van der Waals surface area contributed by atoms with Crippen LogP contribution in [0.25, 0.3) is 0 Å². The number of nitrogens with one attached hydrogen (secondary N) is 2. The Morgan fingerprint density at radius 3 is 3.05 bits per heavy atom. The Kier molecular flexibility index (Phi) is 7.80. The lowest BCUT2D eigenvalue weighted by atomic mass is 10.2. The molecule has 0 aliphatic carbocycles. The lowest BCUT2D eigenvalue weighted by Crippen LogP contribution is -2.35. The monoisotopic (exact) mass is 277 g/mol. The summed E-state index contributed by atoms with van der Waals surface area (Å²) in [5.41, 5.74) is 0.991. The minimum absolute atomic E-state index is 0.0266. The largest absolute Gasteiger partial charge is 0.479 e. The summed E-state index contributed by atoms with van der Waals surface area (Å²) in [4.78, 5) is 11.4. The molecule has 0 unspecified atom stereocenters. The van der Waals surface area contributed by atoms with Gasteiger partial charge in [0.1, 0.15) is 11.8 Å². The Balaban J connectivity index is 2.27. The van der Waals surface area contributed by atoms with Gasteiger partial charge in [-0.15, -0.1) is 0 Å². The van der Waals surface area contributed by atoms with Crippen molar-refractivity contribution < 1.29 is 14.3 Å². The van der Waals surface area contributed by atoms with E-state index in [0.29, 0.717) is 25.4 Å². The number of nitrogens with zero attached hydrogens (tertiary/aromatic N) is 1. The van der Waals surface area contributed by atoms with E-state index in [4.69, 9.17) is 14.7 Å². The summed E-state index contributed by atoms with van der Waals surface area (Å²) in [6.07, 6.45) is 0. The van der Waals surface area contributed by atoms with Crippen LogP contribution >= 0.6 is 0 Å². The molecular weight excluding hydrogens is 258 g/mol. The molecule has 6 nitrogen and oxygen atoms in total. The average Bonchev–Trinajstić information content (AvgIpc) is 2.46. The Morgan fingerprint density at radius 2 is 2.30 bits per heavy atom. The van der Waals surface area contributed by atoms with Gasteiger partial charge in [0, 0.05) is 20.2 Å². The maximum Gasteiger partial charge on any atom is 0.234 e. The molecule has 0 radical (unpaired) electrons. The summed E-state index contributed by atoms with van der Waals surface area (Å²) >= 11 is 0. The zero-order valence-corrected chi connectivity index (χ0v) is 11.5. The minimum atomic E-state index is -0.0704. The van der Waals surface area contributed by atoms with Crippen LogP contribution in [0, 0.1) is 11.3 Å². The van der Waals surface area contributed by atoms with E-state index in [1.807, 2.05) is 24.3 Å². The van der Waals surface area contributed by atoms with Crippen LogP contribution in [0.3, 0.4) is 0 Å². The number of ether oxygens (including phenoxy) is 2. The zero-order chi connectivity index (χ0) is 14.6. The fraction of sp³-hybridized carbons (Fsp3) is 0.429. The van der Waals surface area contributed by atoms with Gasteiger partial charge < -0.3 is 20.1 Å². The van der Waals surface area contributed by atoms with Crippen molar-refractivity contribution in [1.82, 2.24) is 10.6 Å². The first-order valence-electron chi connectivity index (χ1n) is 6.31. The summed E-state index contributed by atoms with van der Waals surface area (Å²) in [5, 5.41) is 14.2. The van der Waals surface area contributed by atoms with E-state index >= 15 is 0 Å². The van der Waals surface area contributed by atoms with Crippen molar-refractivity contribution in [2.45, 2.75) is 6.54 Å². The molecule has 0 fully saturated rings. The lowest BCUT2D eigenvalue weighted by Gasteiger charge is -2.08. The van der Waals surface area contributed by atoms with Crippen molar-refractivity contribution in [3.8, 4) is 11.8 Å². The first-order valence-corrected chi connectivity index (χ1v) is 6.31. The molecule has 6 heteroatoms. The first kappa shape index (κ1) is 16.0. The van der Waals surface area contributed by atoms with Gasteiger partial charge in [-0.05, 0) is 17.7 Å². The molecule has 108 valence electrons. The number of nitriles is 1. The molecule has 20 heavy (non-hydrogen) atoms. The number of rotatable bonds is 9. The second-order valence-electron chi connectivity index (χ2n) is 4.04. The zero-order valence-electron chi connectivity index (χ0n) is 11.5. The van der Waals surface area contributed by atoms with Crippen LogP contribution in [0.2, 0.25) is 0 Å². The SMILES string of the molecule is COCCNC(=O)CNCc1cccc(OCC#N)c1. The number of hydrogen-bond donors (Lipinski definition) is 2. The Labute approximate surface area is 118 Å². The van der Waals surface area contributed by atoms with E-state index < -0.39 is 0 Å². The summed E-state index contributed by atoms with van der Waals surface area (Å²) in [7, 11) is 1.59. The standard InChI is InChI=1S/C14H19N3O3/c1-19-8-6-17-14(18)11-16-10-12-3-2-4-13(9-12)20-7-5-15/h2-4,9,16H,6-8,10-11H2,1H3,(H,17,18). The molecule has 0 heterocycles. The van der Waals surface area contributed by atoms with E-state index in [1.54, 1.807) is 13.2 Å². The van der Waals surface area contributed by atoms with Crippen molar-refractivity contribution in [3.05, 3.63) is 29.8 Å². The molecule has 0 bridgehead atoms. The van der Waals surface area contributed by atoms with Crippen molar-refractivity contribution in [3.63, 3.8) is 0 Å². The predicted octanol–water partition coefficient (Wildman–Crippen LogP) is 0.441. The molecule has 0 saturated heterocycles. The summed E-state index contributed by atoms with van der Waals surface area (Å²) in [6, 6.07) is 9.32. The fourth-order valence-electron chi connectivity index (χ4n) is 1.54. The van der Waals surface area contributed by atoms with Gasteiger partial charge in [-0.3, -0.25) is 4.79 Å². The van der Waals surface area contributed by atoms with E-state index in [9.17, 15) is 4.79 Å². The van der Waals surface area contributed by atoms with Crippen molar-refractivity contribution >= 4 is 5.91 Å². The number of methoxy groups -OCH3 is 1. The minimum Gasteiger partial charge on any atom is -0.479 e. The van der Waals surface area contributed by atoms with Crippen LogP contribution in [0.4, 0.5) is 0 Å². The van der Waals surface area contributed by atoms with Gasteiger partial charge in [0.2, 0.25) is 5.91 Å². The highest BCUT2D eigenvalue weighted by Gasteiger charge is 2.01. The first-order chi connectivity index (χ1) is 9.76. The smallest absolute Gasteiger partial charge is 0.234 e. The van der Waals surface area contributed by atoms with Crippen molar-refractivity contribution in [1.29, 1.82) is 5.26 Å². The van der Waals surface area contributed by atoms with E-state index in [-0.39, 0.29) is 19.1 Å². The number of benzene rings is 1. The molecule has 1 amide bonds. The molecule has 0 aliphatic heterocycles. The lowest BCUT2D eigenvalue weighted by molar-refractivity contribution is -0.120. The van der Waals surface area contributed by atoms with E-state index in [2.05, 4.69) is 10.6 Å². The van der Waals surface area contributed by atoms with Crippen molar-refractivity contribution in [2.24, 2.45) is 0 Å². The molecule has 0 aliphatic rings. The van der Waals surface area contributed by atoms with Crippen LogP contribution in [0.1, 0.15) is 5.56 Å². The second-order valence-corrected chi connectivity index (χ2v) is 4.04. The molecule has 1 rings (SSSR count). The number of carbonyl (C=O) groups is 1. The van der Waals surface area contributed by atoms with Gasteiger partial charge >= 0.3 is 0 Å². The number of carbonyl (C=O) groups excluding carboxylic acids is 1. The molecule has 0 aromatic heterocycles. The van der Waals surface area contributed by atoms with Gasteiger partial charge in [-0.25, -0.2) is 0 Å². The normalized spacial score (nSPS) is 9.80. The fourth-order valence-corrected chi connectivity index (χ4v) is 1.54. The molecule has 1 aromatic carbocycles. The quantitative estimate of drug-likeness (QED) is 0.640. The van der Waals surface area contributed by atoms with Gasteiger partial charge in [-0.1, -0.05) is 12.1 Å². The third kappa shape index (κ3) is 6.73. The van der Waals surface area contributed by atoms with Crippen LogP contribution in [0.15, 0.2) is 24.3 Å². The molecular formula is C14H19N3O3. The van der Waals surface area contributed by atoms with Crippen molar-refractivity contribution in [2.75, 3.05) is 33.4 Å². The van der Waals surface area contributed by atoms with Crippen LogP contribution in [0.5, 0.6) is 5.75 Å². The highest BCUT2D eigenvalue weighted by Crippen LogP contribution is 2.12. The summed E-state index contributed by atoms with van der Waals surface area (Å²) in [5.74, 6) is 0.578. The predicted molar refractivity (Wildman–Crippen MR) is 74.1 cm³/mol. The van der Waals surface area contributed by atoms with Gasteiger partial charge in [0.25, 0.3) is 0 Å². The van der Waals surface area contributed by atoms with E-state index in [0.717, 1.165) is 5.56 Å². The molecule has 0 atom stereocenters. The number of hydrogen-bond acceptors (Lipinski definition) is 5. The maximum absolute atomic E-state index is 11.4. The average molecular weight is 277 g/mol.